The van der Waals surface area contributed by atoms with Gasteiger partial charge in [-0.05, 0) is 30.2 Å². The number of benzene rings is 1. The second-order valence-electron chi connectivity index (χ2n) is 3.29. The first kappa shape index (κ1) is 12.0. The molecule has 0 fully saturated rings. The van der Waals surface area contributed by atoms with Crippen LogP contribution in [0.2, 0.25) is 0 Å². The van der Waals surface area contributed by atoms with Gasteiger partial charge in [0.15, 0.2) is 0 Å². The van der Waals surface area contributed by atoms with Gasteiger partial charge >= 0.3 is 6.18 Å². The quantitative estimate of drug-likeness (QED) is 0.774. The van der Waals surface area contributed by atoms with Gasteiger partial charge in [-0.3, -0.25) is 0 Å². The van der Waals surface area contributed by atoms with Crippen LogP contribution in [-0.2, 0) is 6.54 Å². The average Bonchev–Trinajstić information content (AvgIpc) is 2.07. The molecule has 0 atom stereocenters. The van der Waals surface area contributed by atoms with Gasteiger partial charge in [-0.2, -0.15) is 13.2 Å². The SMILES string of the molecule is Cc1cc(F)ccc1CNCC(F)(F)F. The lowest BCUT2D eigenvalue weighted by molar-refractivity contribution is -0.125. The largest absolute Gasteiger partial charge is 0.401 e. The minimum absolute atomic E-state index is 0.0889. The van der Waals surface area contributed by atoms with Crippen molar-refractivity contribution >= 4 is 0 Å². The lowest BCUT2D eigenvalue weighted by atomic mass is 10.1. The summed E-state index contributed by atoms with van der Waals surface area (Å²) in [7, 11) is 0. The van der Waals surface area contributed by atoms with Crippen LogP contribution in [0, 0.1) is 12.7 Å². The van der Waals surface area contributed by atoms with Crippen LogP contribution in [0.25, 0.3) is 0 Å². The standard InChI is InChI=1S/C10H11F4N/c1-7-4-9(11)3-2-8(7)5-15-6-10(12,13)14/h2-4,15H,5-6H2,1H3. The zero-order valence-electron chi connectivity index (χ0n) is 8.16. The number of hydrogen-bond donors (Lipinski definition) is 1. The van der Waals surface area contributed by atoms with Crippen molar-refractivity contribution in [3.05, 3.63) is 35.1 Å². The van der Waals surface area contributed by atoms with Crippen LogP contribution in [0.5, 0.6) is 0 Å². The summed E-state index contributed by atoms with van der Waals surface area (Å²) >= 11 is 0. The Hall–Kier alpha value is -1.10. The third-order valence-corrected chi connectivity index (χ3v) is 1.95. The summed E-state index contributed by atoms with van der Waals surface area (Å²) in [6.45, 7) is 0.711. The molecule has 1 N–H and O–H groups in total. The van der Waals surface area contributed by atoms with Crippen LogP contribution >= 0.6 is 0 Å². The lowest BCUT2D eigenvalue weighted by Crippen LogP contribution is -2.28. The molecule has 0 saturated carbocycles. The van der Waals surface area contributed by atoms with Gasteiger partial charge < -0.3 is 5.32 Å². The van der Waals surface area contributed by atoms with E-state index in [0.29, 0.717) is 11.1 Å². The van der Waals surface area contributed by atoms with E-state index in [9.17, 15) is 17.6 Å². The molecule has 0 saturated heterocycles. The van der Waals surface area contributed by atoms with Crippen LogP contribution in [0.4, 0.5) is 17.6 Å². The Labute approximate surface area is 85.1 Å². The lowest BCUT2D eigenvalue weighted by Gasteiger charge is -2.09. The molecule has 0 aliphatic rings. The number of alkyl halides is 3. The molecule has 0 bridgehead atoms. The molecule has 0 aromatic heterocycles. The van der Waals surface area contributed by atoms with Crippen LogP contribution in [0.1, 0.15) is 11.1 Å². The van der Waals surface area contributed by atoms with Crippen LogP contribution in [-0.4, -0.2) is 12.7 Å². The fraction of sp³-hybridized carbons (Fsp3) is 0.400. The molecule has 5 heteroatoms. The first-order valence-corrected chi connectivity index (χ1v) is 4.41. The van der Waals surface area contributed by atoms with Crippen molar-refractivity contribution in [1.29, 1.82) is 0 Å². The minimum atomic E-state index is -4.21. The molecule has 15 heavy (non-hydrogen) atoms. The highest BCUT2D eigenvalue weighted by molar-refractivity contribution is 5.26. The Bertz CT molecular complexity index is 333. The fourth-order valence-electron chi connectivity index (χ4n) is 1.20. The Balaban J connectivity index is 2.51. The van der Waals surface area contributed by atoms with Crippen LogP contribution in [0.3, 0.4) is 0 Å². The van der Waals surface area contributed by atoms with E-state index in [0.717, 1.165) is 0 Å². The van der Waals surface area contributed by atoms with Gasteiger partial charge in [0.25, 0.3) is 0 Å². The summed E-state index contributed by atoms with van der Waals surface area (Å²) < 4.78 is 48.1. The maximum absolute atomic E-state index is 12.7. The molecule has 0 unspecified atom stereocenters. The van der Waals surface area contributed by atoms with E-state index in [1.807, 2.05) is 0 Å². The maximum Gasteiger partial charge on any atom is 0.401 e. The molecule has 0 radical (unpaired) electrons. The van der Waals surface area contributed by atoms with Crippen molar-refractivity contribution < 1.29 is 17.6 Å². The minimum Gasteiger partial charge on any atom is -0.305 e. The predicted octanol–water partition coefficient (Wildman–Crippen LogP) is 2.79. The molecule has 1 aromatic carbocycles. The molecule has 1 nitrogen and oxygen atoms in total. The average molecular weight is 221 g/mol. The highest BCUT2D eigenvalue weighted by atomic mass is 19.4. The van der Waals surface area contributed by atoms with E-state index >= 15 is 0 Å². The zero-order chi connectivity index (χ0) is 11.5. The Morgan fingerprint density at radius 3 is 2.47 bits per heavy atom. The Kier molecular flexibility index (Phi) is 3.68. The molecule has 1 rings (SSSR count). The fourth-order valence-corrected chi connectivity index (χ4v) is 1.20. The topological polar surface area (TPSA) is 12.0 Å². The summed E-state index contributed by atoms with van der Waals surface area (Å²) in [5, 5.41) is 2.25. The second-order valence-corrected chi connectivity index (χ2v) is 3.29. The molecule has 0 aliphatic carbocycles. The van der Waals surface area contributed by atoms with Gasteiger partial charge in [0.05, 0.1) is 6.54 Å². The molecule has 84 valence electrons. The first-order chi connectivity index (χ1) is 6.88. The summed E-state index contributed by atoms with van der Waals surface area (Å²) in [6.07, 6.45) is -4.21. The zero-order valence-corrected chi connectivity index (χ0v) is 8.16. The summed E-state index contributed by atoms with van der Waals surface area (Å²) in [4.78, 5) is 0. The highest BCUT2D eigenvalue weighted by Gasteiger charge is 2.26. The third-order valence-electron chi connectivity index (χ3n) is 1.95. The monoisotopic (exact) mass is 221 g/mol. The maximum atomic E-state index is 12.7. The van der Waals surface area contributed by atoms with Crippen molar-refractivity contribution in [3.63, 3.8) is 0 Å². The normalized spacial score (nSPS) is 11.8. The van der Waals surface area contributed by atoms with E-state index in [4.69, 9.17) is 0 Å². The molecule has 0 heterocycles. The van der Waals surface area contributed by atoms with Gasteiger partial charge in [0.1, 0.15) is 5.82 Å². The van der Waals surface area contributed by atoms with Crippen molar-refractivity contribution in [3.8, 4) is 0 Å². The van der Waals surface area contributed by atoms with Gasteiger partial charge in [-0.15, -0.1) is 0 Å². The molecule has 0 amide bonds. The summed E-state index contributed by atoms with van der Waals surface area (Å²) in [5.41, 5.74) is 1.31. The van der Waals surface area contributed by atoms with E-state index in [2.05, 4.69) is 5.32 Å². The van der Waals surface area contributed by atoms with Crippen molar-refractivity contribution in [1.82, 2.24) is 5.32 Å². The molecule has 0 aliphatic heterocycles. The van der Waals surface area contributed by atoms with Crippen LogP contribution < -0.4 is 5.32 Å². The summed E-state index contributed by atoms with van der Waals surface area (Å²) in [5.74, 6) is -0.382. The number of nitrogens with one attached hydrogen (secondary N) is 1. The molecule has 0 spiro atoms. The molecular formula is C10H11F4N. The third kappa shape index (κ3) is 4.29. The van der Waals surface area contributed by atoms with E-state index in [1.54, 1.807) is 6.92 Å². The van der Waals surface area contributed by atoms with Gasteiger partial charge in [-0.1, -0.05) is 6.07 Å². The van der Waals surface area contributed by atoms with Crippen molar-refractivity contribution in [2.75, 3.05) is 6.54 Å². The van der Waals surface area contributed by atoms with Gasteiger partial charge in [0.2, 0.25) is 0 Å². The van der Waals surface area contributed by atoms with Crippen LogP contribution in [0.15, 0.2) is 18.2 Å². The smallest absolute Gasteiger partial charge is 0.305 e. The number of aryl methyl sites for hydroxylation is 1. The molecular weight excluding hydrogens is 210 g/mol. The first-order valence-electron chi connectivity index (χ1n) is 4.41. The van der Waals surface area contributed by atoms with Gasteiger partial charge in [-0.25, -0.2) is 4.39 Å². The van der Waals surface area contributed by atoms with E-state index < -0.39 is 12.7 Å². The highest BCUT2D eigenvalue weighted by Crippen LogP contribution is 2.14. The van der Waals surface area contributed by atoms with Crippen molar-refractivity contribution in [2.45, 2.75) is 19.6 Å². The summed E-state index contributed by atoms with van der Waals surface area (Å²) in [6, 6.07) is 4.01. The van der Waals surface area contributed by atoms with Gasteiger partial charge in [0, 0.05) is 6.54 Å². The van der Waals surface area contributed by atoms with E-state index in [-0.39, 0.29) is 12.4 Å². The Morgan fingerprint density at radius 2 is 1.93 bits per heavy atom. The second kappa shape index (κ2) is 4.61. The number of hydrogen-bond acceptors (Lipinski definition) is 1. The van der Waals surface area contributed by atoms with Crippen molar-refractivity contribution in [2.24, 2.45) is 0 Å². The van der Waals surface area contributed by atoms with E-state index in [1.165, 1.54) is 18.2 Å². The number of halogens is 4. The Morgan fingerprint density at radius 1 is 1.27 bits per heavy atom. The predicted molar refractivity (Wildman–Crippen MR) is 48.9 cm³/mol. The molecule has 1 aromatic rings. The number of rotatable bonds is 3.